The van der Waals surface area contributed by atoms with Gasteiger partial charge in [-0.3, -0.25) is 10.1 Å². The highest BCUT2D eigenvalue weighted by Gasteiger charge is 2.25. The largest absolute Gasteiger partial charge is 0.376 e. The summed E-state index contributed by atoms with van der Waals surface area (Å²) in [6, 6.07) is 3.56. The number of hydrogen-bond donors (Lipinski definition) is 3. The second kappa shape index (κ2) is 6.58. The number of aryl methyl sites for hydroxylation is 1. The van der Waals surface area contributed by atoms with E-state index >= 15 is 0 Å². The topological polar surface area (TPSA) is 93.5 Å². The maximum atomic E-state index is 13.3. The molecule has 0 aliphatic carbocycles. The number of anilines is 2. The van der Waals surface area contributed by atoms with E-state index in [1.165, 1.54) is 23.5 Å². The van der Waals surface area contributed by atoms with Crippen LogP contribution in [0, 0.1) is 12.7 Å². The van der Waals surface area contributed by atoms with Crippen molar-refractivity contribution in [3.8, 4) is 0 Å². The van der Waals surface area contributed by atoms with Gasteiger partial charge in [-0.15, -0.1) is 11.3 Å². The van der Waals surface area contributed by atoms with Gasteiger partial charge in [0.25, 0.3) is 5.91 Å². The minimum atomic E-state index is -0.591. The minimum Gasteiger partial charge on any atom is -0.376 e. The lowest BCUT2D eigenvalue weighted by molar-refractivity contribution is 0.0991. The number of fused-ring (bicyclic) bond motifs is 1. The third kappa shape index (κ3) is 3.24. The lowest BCUT2D eigenvalue weighted by Crippen LogP contribution is -2.22. The van der Waals surface area contributed by atoms with Crippen molar-refractivity contribution in [2.75, 3.05) is 17.2 Å². The fraction of sp³-hybridized carbons (Fsp3) is 0.250. The van der Waals surface area contributed by atoms with Gasteiger partial charge in [-0.2, -0.15) is 0 Å². The highest BCUT2D eigenvalue weighted by molar-refractivity contribution is 7.17. The number of amides is 3. The smallest absolute Gasteiger partial charge is 0.324 e. The summed E-state index contributed by atoms with van der Waals surface area (Å²) in [7, 11) is 0. The Labute approximate surface area is 141 Å². The Morgan fingerprint density at radius 2 is 2.12 bits per heavy atom. The maximum Gasteiger partial charge on any atom is 0.324 e. The molecule has 0 fully saturated rings. The Morgan fingerprint density at radius 3 is 2.88 bits per heavy atom. The number of primary amides is 1. The summed E-state index contributed by atoms with van der Waals surface area (Å²) in [5.74, 6) is -1.04. The zero-order valence-electron chi connectivity index (χ0n) is 12.9. The molecule has 3 rings (SSSR count). The second-order valence-electron chi connectivity index (χ2n) is 5.41. The van der Waals surface area contributed by atoms with Crippen molar-refractivity contribution < 1.29 is 18.7 Å². The Hall–Kier alpha value is -2.45. The number of thiophene rings is 1. The molecule has 1 aliphatic heterocycles. The first-order chi connectivity index (χ1) is 11.5. The van der Waals surface area contributed by atoms with Gasteiger partial charge in [0.1, 0.15) is 10.8 Å². The average Bonchev–Trinajstić information content (AvgIpc) is 2.88. The monoisotopic (exact) mass is 349 g/mol. The molecule has 1 aromatic heterocycles. The van der Waals surface area contributed by atoms with Crippen molar-refractivity contribution in [3.63, 3.8) is 0 Å². The van der Waals surface area contributed by atoms with Crippen LogP contribution in [0.25, 0.3) is 0 Å². The van der Waals surface area contributed by atoms with Gasteiger partial charge in [-0.25, -0.2) is 9.18 Å². The van der Waals surface area contributed by atoms with E-state index < -0.39 is 17.8 Å². The average molecular weight is 349 g/mol. The first-order valence-corrected chi connectivity index (χ1v) is 8.13. The van der Waals surface area contributed by atoms with Crippen LogP contribution in [0.5, 0.6) is 0 Å². The van der Waals surface area contributed by atoms with Crippen LogP contribution in [0.4, 0.5) is 19.9 Å². The number of carbonyl (C=O) groups excluding carboxylic acids is 2. The first-order valence-electron chi connectivity index (χ1n) is 7.32. The van der Waals surface area contributed by atoms with Crippen LogP contribution >= 0.6 is 11.3 Å². The molecule has 2 heterocycles. The van der Waals surface area contributed by atoms with Gasteiger partial charge in [0, 0.05) is 10.6 Å². The molecule has 24 heavy (non-hydrogen) atoms. The number of nitrogens with one attached hydrogen (secondary N) is 2. The van der Waals surface area contributed by atoms with Crippen molar-refractivity contribution in [2.24, 2.45) is 5.73 Å². The number of urea groups is 1. The van der Waals surface area contributed by atoms with Crippen LogP contribution in [-0.4, -0.2) is 18.5 Å². The molecule has 1 aromatic carbocycles. The Balaban J connectivity index is 1.83. The molecule has 3 amide bonds. The molecule has 6 nitrogen and oxygen atoms in total. The van der Waals surface area contributed by atoms with Gasteiger partial charge < -0.3 is 15.8 Å². The summed E-state index contributed by atoms with van der Waals surface area (Å²) < 4.78 is 18.7. The van der Waals surface area contributed by atoms with E-state index in [0.717, 1.165) is 16.0 Å². The van der Waals surface area contributed by atoms with E-state index in [9.17, 15) is 14.0 Å². The number of nitrogens with two attached hydrogens (primary N) is 1. The van der Waals surface area contributed by atoms with Crippen molar-refractivity contribution in [2.45, 2.75) is 20.0 Å². The quantitative estimate of drug-likeness (QED) is 0.795. The predicted molar refractivity (Wildman–Crippen MR) is 90.0 cm³/mol. The molecule has 0 saturated heterocycles. The molecule has 0 radical (unpaired) electrons. The highest BCUT2D eigenvalue weighted by Crippen LogP contribution is 2.36. The van der Waals surface area contributed by atoms with Gasteiger partial charge >= 0.3 is 6.03 Å². The molecule has 2 aromatic rings. The van der Waals surface area contributed by atoms with E-state index in [2.05, 4.69) is 10.6 Å². The number of carbonyl (C=O) groups is 2. The standard InChI is InChI=1S/C16H16FN3O3S/c1-8-2-3-9(17)6-11(8)19-16(22)20-15-13(14(18)21)10-4-5-23-7-12(10)24-15/h2-3,6H,4-5,7H2,1H3,(H2,18,21)(H2,19,20,22). The Bertz CT molecular complexity index is 819. The maximum absolute atomic E-state index is 13.3. The molecule has 8 heteroatoms. The lowest BCUT2D eigenvalue weighted by atomic mass is 10.1. The van der Waals surface area contributed by atoms with Crippen molar-refractivity contribution in [3.05, 3.63) is 45.6 Å². The summed E-state index contributed by atoms with van der Waals surface area (Å²) in [6.07, 6.45) is 0.580. The van der Waals surface area contributed by atoms with Crippen molar-refractivity contribution in [1.82, 2.24) is 0 Å². The van der Waals surface area contributed by atoms with E-state index in [-0.39, 0.29) is 0 Å². The second-order valence-corrected chi connectivity index (χ2v) is 6.52. The fourth-order valence-electron chi connectivity index (χ4n) is 2.57. The van der Waals surface area contributed by atoms with Crippen molar-refractivity contribution >= 4 is 34.0 Å². The molecule has 1 aliphatic rings. The van der Waals surface area contributed by atoms with Gasteiger partial charge in [0.2, 0.25) is 0 Å². The predicted octanol–water partition coefficient (Wildman–Crippen LogP) is 3.01. The number of halogens is 1. The van der Waals surface area contributed by atoms with Crippen LogP contribution in [0.3, 0.4) is 0 Å². The molecule has 0 spiro atoms. The van der Waals surface area contributed by atoms with Gasteiger partial charge in [-0.1, -0.05) is 6.07 Å². The number of hydrogen-bond acceptors (Lipinski definition) is 4. The van der Waals surface area contributed by atoms with Gasteiger partial charge in [0.05, 0.1) is 18.8 Å². The molecule has 4 N–H and O–H groups in total. The van der Waals surface area contributed by atoms with E-state index in [0.29, 0.717) is 35.9 Å². The molecule has 0 saturated carbocycles. The molecule has 0 atom stereocenters. The SMILES string of the molecule is Cc1ccc(F)cc1NC(=O)Nc1sc2c(c1C(N)=O)CCOC2. The lowest BCUT2D eigenvalue weighted by Gasteiger charge is -2.12. The fourth-order valence-corrected chi connectivity index (χ4v) is 3.75. The zero-order valence-corrected chi connectivity index (χ0v) is 13.8. The summed E-state index contributed by atoms with van der Waals surface area (Å²) in [4.78, 5) is 24.9. The van der Waals surface area contributed by atoms with Gasteiger partial charge in [-0.05, 0) is 36.6 Å². The third-order valence-electron chi connectivity index (χ3n) is 3.74. The first kappa shape index (κ1) is 16.4. The Morgan fingerprint density at radius 1 is 1.33 bits per heavy atom. The number of rotatable bonds is 3. The molecular formula is C16H16FN3O3S. The summed E-state index contributed by atoms with van der Waals surface area (Å²) >= 11 is 1.26. The van der Waals surface area contributed by atoms with Crippen LogP contribution in [0.15, 0.2) is 18.2 Å². The molecular weight excluding hydrogens is 333 g/mol. The van der Waals surface area contributed by atoms with Crippen LogP contribution in [0.1, 0.15) is 26.4 Å². The zero-order chi connectivity index (χ0) is 17.3. The van der Waals surface area contributed by atoms with E-state index in [1.54, 1.807) is 13.0 Å². The molecule has 0 unspecified atom stereocenters. The Kier molecular flexibility index (Phi) is 4.50. The van der Waals surface area contributed by atoms with Crippen molar-refractivity contribution in [1.29, 1.82) is 0 Å². The number of ether oxygens (including phenoxy) is 1. The third-order valence-corrected chi connectivity index (χ3v) is 4.86. The molecule has 126 valence electrons. The van der Waals surface area contributed by atoms with Crippen LogP contribution in [-0.2, 0) is 17.8 Å². The summed E-state index contributed by atoms with van der Waals surface area (Å²) in [5.41, 5.74) is 7.70. The normalized spacial score (nSPS) is 13.2. The minimum absolute atomic E-state index is 0.324. The number of benzene rings is 1. The summed E-state index contributed by atoms with van der Waals surface area (Å²) in [6.45, 7) is 2.66. The van der Waals surface area contributed by atoms with E-state index in [4.69, 9.17) is 10.5 Å². The van der Waals surface area contributed by atoms with Gasteiger partial charge in [0.15, 0.2) is 0 Å². The highest BCUT2D eigenvalue weighted by atomic mass is 32.1. The molecule has 0 bridgehead atoms. The van der Waals surface area contributed by atoms with E-state index in [1.807, 2.05) is 0 Å². The summed E-state index contributed by atoms with van der Waals surface area (Å²) in [5, 5.41) is 5.59. The van der Waals surface area contributed by atoms with Crippen LogP contribution < -0.4 is 16.4 Å². The van der Waals surface area contributed by atoms with Crippen LogP contribution in [0.2, 0.25) is 0 Å².